The molecule has 2 aromatic rings. The standard InChI is InChI=1S/C18H21Cl2NO2.ClH/c1-3-23-18-16(20)10-14(11-17(18)22-2)12-21-9-8-13-4-6-15(19)7-5-13;/h4-7,10-11,21H,3,8-9,12H2,1-2H3;1H. The second kappa shape index (κ2) is 10.7. The Hall–Kier alpha value is -1.13. The van der Waals surface area contributed by atoms with Crippen LogP contribution in [0.1, 0.15) is 18.1 Å². The van der Waals surface area contributed by atoms with Gasteiger partial charge in [0.1, 0.15) is 0 Å². The number of rotatable bonds is 8. The largest absolute Gasteiger partial charge is 0.493 e. The molecule has 0 unspecified atom stereocenters. The molecule has 0 fully saturated rings. The second-order valence-electron chi connectivity index (χ2n) is 5.10. The summed E-state index contributed by atoms with van der Waals surface area (Å²) in [5.74, 6) is 1.26. The van der Waals surface area contributed by atoms with Crippen molar-refractivity contribution in [2.75, 3.05) is 20.3 Å². The normalized spacial score (nSPS) is 10.2. The van der Waals surface area contributed by atoms with Crippen LogP contribution in [-0.2, 0) is 13.0 Å². The Morgan fingerprint density at radius 2 is 1.75 bits per heavy atom. The summed E-state index contributed by atoms with van der Waals surface area (Å²) >= 11 is 12.2. The molecule has 0 aliphatic heterocycles. The molecule has 0 bridgehead atoms. The molecular formula is C18H22Cl3NO2. The van der Waals surface area contributed by atoms with Gasteiger partial charge in [0.25, 0.3) is 0 Å². The minimum atomic E-state index is 0. The van der Waals surface area contributed by atoms with E-state index in [1.165, 1.54) is 5.56 Å². The fourth-order valence-electron chi connectivity index (χ4n) is 2.28. The zero-order chi connectivity index (χ0) is 16.7. The highest BCUT2D eigenvalue weighted by Crippen LogP contribution is 2.36. The highest BCUT2D eigenvalue weighted by Gasteiger charge is 2.11. The van der Waals surface area contributed by atoms with Crippen LogP contribution in [0.25, 0.3) is 0 Å². The van der Waals surface area contributed by atoms with Crippen LogP contribution in [0.4, 0.5) is 0 Å². The van der Waals surface area contributed by atoms with Crippen molar-refractivity contribution in [2.24, 2.45) is 0 Å². The quantitative estimate of drug-likeness (QED) is 0.632. The molecule has 0 amide bonds. The molecule has 0 saturated heterocycles. The fraction of sp³-hybridized carbons (Fsp3) is 0.333. The molecular weight excluding hydrogens is 369 g/mol. The van der Waals surface area contributed by atoms with E-state index in [9.17, 15) is 0 Å². The average molecular weight is 391 g/mol. The van der Waals surface area contributed by atoms with Gasteiger partial charge in [-0.2, -0.15) is 0 Å². The van der Waals surface area contributed by atoms with Crippen molar-refractivity contribution >= 4 is 35.6 Å². The molecule has 0 aliphatic carbocycles. The fourth-order valence-corrected chi connectivity index (χ4v) is 2.69. The lowest BCUT2D eigenvalue weighted by Gasteiger charge is -2.13. The lowest BCUT2D eigenvalue weighted by atomic mass is 10.1. The van der Waals surface area contributed by atoms with E-state index in [2.05, 4.69) is 5.32 Å². The zero-order valence-corrected chi connectivity index (χ0v) is 16.1. The Bertz CT molecular complexity index is 633. The molecule has 132 valence electrons. The lowest BCUT2D eigenvalue weighted by Crippen LogP contribution is -2.16. The number of halogens is 3. The number of ether oxygens (including phenoxy) is 2. The molecule has 0 aromatic heterocycles. The van der Waals surface area contributed by atoms with Crippen molar-refractivity contribution in [1.29, 1.82) is 0 Å². The number of hydrogen-bond acceptors (Lipinski definition) is 3. The van der Waals surface area contributed by atoms with E-state index in [0.717, 1.165) is 30.1 Å². The predicted octanol–water partition coefficient (Wildman–Crippen LogP) is 5.15. The van der Waals surface area contributed by atoms with E-state index in [0.29, 0.717) is 23.1 Å². The summed E-state index contributed by atoms with van der Waals surface area (Å²) in [7, 11) is 1.62. The van der Waals surface area contributed by atoms with Crippen LogP contribution < -0.4 is 14.8 Å². The smallest absolute Gasteiger partial charge is 0.179 e. The summed E-state index contributed by atoms with van der Waals surface area (Å²) in [5, 5.41) is 4.74. The van der Waals surface area contributed by atoms with E-state index >= 15 is 0 Å². The van der Waals surface area contributed by atoms with Crippen molar-refractivity contribution in [3.8, 4) is 11.5 Å². The van der Waals surface area contributed by atoms with E-state index in [1.807, 2.05) is 43.3 Å². The second-order valence-corrected chi connectivity index (χ2v) is 5.94. The first kappa shape index (κ1) is 20.9. The molecule has 24 heavy (non-hydrogen) atoms. The van der Waals surface area contributed by atoms with Crippen molar-refractivity contribution in [3.05, 3.63) is 57.6 Å². The highest BCUT2D eigenvalue weighted by atomic mass is 35.5. The van der Waals surface area contributed by atoms with E-state index in [1.54, 1.807) is 7.11 Å². The van der Waals surface area contributed by atoms with Gasteiger partial charge < -0.3 is 14.8 Å². The molecule has 2 rings (SSSR count). The summed E-state index contributed by atoms with van der Waals surface area (Å²) in [4.78, 5) is 0. The van der Waals surface area contributed by atoms with E-state index in [4.69, 9.17) is 32.7 Å². The van der Waals surface area contributed by atoms with E-state index in [-0.39, 0.29) is 12.4 Å². The molecule has 0 aliphatic rings. The summed E-state index contributed by atoms with van der Waals surface area (Å²) in [6, 6.07) is 11.8. The van der Waals surface area contributed by atoms with Gasteiger partial charge in [-0.25, -0.2) is 0 Å². The average Bonchev–Trinajstić information content (AvgIpc) is 2.55. The molecule has 0 saturated carbocycles. The maximum Gasteiger partial charge on any atom is 0.179 e. The molecule has 3 nitrogen and oxygen atoms in total. The SMILES string of the molecule is CCOc1c(Cl)cc(CNCCc2ccc(Cl)cc2)cc1OC.Cl. The molecule has 2 aromatic carbocycles. The molecule has 0 spiro atoms. The molecule has 6 heteroatoms. The first-order valence-corrected chi connectivity index (χ1v) is 8.34. The van der Waals surface area contributed by atoms with Gasteiger partial charge >= 0.3 is 0 Å². The first-order chi connectivity index (χ1) is 11.1. The van der Waals surface area contributed by atoms with Crippen LogP contribution in [0.3, 0.4) is 0 Å². The van der Waals surface area contributed by atoms with Crippen molar-refractivity contribution < 1.29 is 9.47 Å². The Morgan fingerprint density at radius 3 is 2.38 bits per heavy atom. The van der Waals surface area contributed by atoms with Crippen LogP contribution in [0.2, 0.25) is 10.0 Å². The third kappa shape index (κ3) is 6.06. The van der Waals surface area contributed by atoms with Crippen LogP contribution in [0, 0.1) is 0 Å². The molecule has 0 radical (unpaired) electrons. The van der Waals surface area contributed by atoms with Crippen molar-refractivity contribution in [2.45, 2.75) is 19.9 Å². The molecule has 0 heterocycles. The highest BCUT2D eigenvalue weighted by molar-refractivity contribution is 6.32. The van der Waals surface area contributed by atoms with Gasteiger partial charge in [0.2, 0.25) is 0 Å². The first-order valence-electron chi connectivity index (χ1n) is 7.58. The van der Waals surface area contributed by atoms with Gasteiger partial charge in [-0.3, -0.25) is 0 Å². The Labute approximate surface area is 159 Å². The van der Waals surface area contributed by atoms with Gasteiger partial charge in [-0.15, -0.1) is 12.4 Å². The van der Waals surface area contributed by atoms with Crippen LogP contribution in [0.5, 0.6) is 11.5 Å². The number of hydrogen-bond donors (Lipinski definition) is 1. The number of methoxy groups -OCH3 is 1. The third-order valence-electron chi connectivity index (χ3n) is 3.41. The summed E-state index contributed by atoms with van der Waals surface area (Å²) < 4.78 is 10.9. The maximum absolute atomic E-state index is 6.27. The van der Waals surface area contributed by atoms with Crippen LogP contribution in [-0.4, -0.2) is 20.3 Å². The Kier molecular flexibility index (Phi) is 9.30. The Balaban J connectivity index is 0.00000288. The monoisotopic (exact) mass is 389 g/mol. The number of benzene rings is 2. The van der Waals surface area contributed by atoms with Gasteiger partial charge in [-0.1, -0.05) is 35.3 Å². The molecule has 0 atom stereocenters. The van der Waals surface area contributed by atoms with Gasteiger partial charge in [0.05, 0.1) is 18.7 Å². The van der Waals surface area contributed by atoms with Crippen molar-refractivity contribution in [3.63, 3.8) is 0 Å². The van der Waals surface area contributed by atoms with Crippen LogP contribution >= 0.6 is 35.6 Å². The Morgan fingerprint density at radius 1 is 1.04 bits per heavy atom. The number of nitrogens with one attached hydrogen (secondary N) is 1. The van der Waals surface area contributed by atoms with Crippen molar-refractivity contribution in [1.82, 2.24) is 5.32 Å². The van der Waals surface area contributed by atoms with Gasteiger partial charge in [-0.05, 0) is 55.3 Å². The minimum Gasteiger partial charge on any atom is -0.493 e. The summed E-state index contributed by atoms with van der Waals surface area (Å²) in [5.41, 5.74) is 2.32. The maximum atomic E-state index is 6.27. The third-order valence-corrected chi connectivity index (χ3v) is 3.94. The lowest BCUT2D eigenvalue weighted by molar-refractivity contribution is 0.311. The zero-order valence-electron chi connectivity index (χ0n) is 13.8. The topological polar surface area (TPSA) is 30.5 Å². The molecule has 1 N–H and O–H groups in total. The van der Waals surface area contributed by atoms with Crippen LogP contribution in [0.15, 0.2) is 36.4 Å². The van der Waals surface area contributed by atoms with Gasteiger partial charge in [0, 0.05) is 11.6 Å². The van der Waals surface area contributed by atoms with Gasteiger partial charge in [0.15, 0.2) is 11.5 Å². The summed E-state index contributed by atoms with van der Waals surface area (Å²) in [6.45, 7) is 4.06. The van der Waals surface area contributed by atoms with E-state index < -0.39 is 0 Å². The predicted molar refractivity (Wildman–Crippen MR) is 103 cm³/mol. The minimum absolute atomic E-state index is 0. The summed E-state index contributed by atoms with van der Waals surface area (Å²) in [6.07, 6.45) is 0.944.